The van der Waals surface area contributed by atoms with Crippen molar-refractivity contribution in [3.8, 4) is 11.1 Å². The molecule has 0 aliphatic heterocycles. The van der Waals surface area contributed by atoms with Gasteiger partial charge in [0.1, 0.15) is 6.04 Å². The number of nitrogens with one attached hydrogen (secondary N) is 1. The number of benzene rings is 3. The van der Waals surface area contributed by atoms with E-state index in [1.807, 2.05) is 38.1 Å². The first-order valence-electron chi connectivity index (χ1n) is 11.7. The summed E-state index contributed by atoms with van der Waals surface area (Å²) in [4.78, 5) is 24.7. The molecule has 3 aromatic carbocycles. The summed E-state index contributed by atoms with van der Waals surface area (Å²) < 4.78 is 41.9. The Hall–Kier alpha value is -3.52. The summed E-state index contributed by atoms with van der Waals surface area (Å²) in [5.41, 5.74) is 1.79. The molecule has 0 fully saturated rings. The van der Waals surface area contributed by atoms with Gasteiger partial charge in [-0.3, -0.25) is 4.79 Å². The van der Waals surface area contributed by atoms with Crippen LogP contribution in [0, 0.1) is 6.92 Å². The quantitative estimate of drug-likeness (QED) is 0.316. The fourth-order valence-corrected chi connectivity index (χ4v) is 4.09. The molecule has 3 aromatic rings. The number of carbonyl (C=O) groups excluding carboxylic acids is 1. The van der Waals surface area contributed by atoms with Crippen molar-refractivity contribution in [2.75, 3.05) is 12.4 Å². The molecule has 2 N–H and O–H groups in total. The zero-order valence-corrected chi connectivity index (χ0v) is 21.6. The summed E-state index contributed by atoms with van der Waals surface area (Å²) in [5, 5.41) is 13.3. The molecule has 5 nitrogen and oxygen atoms in total. The number of halogens is 4. The van der Waals surface area contributed by atoms with Crippen LogP contribution in [0.25, 0.3) is 11.1 Å². The number of hydrogen-bond donors (Lipinski definition) is 2. The van der Waals surface area contributed by atoms with Crippen LogP contribution >= 0.6 is 11.6 Å². The van der Waals surface area contributed by atoms with E-state index in [0.717, 1.165) is 47.3 Å². The maximum atomic E-state index is 14.0. The molecule has 3 rings (SSSR count). The Labute approximate surface area is 218 Å². The van der Waals surface area contributed by atoms with Crippen molar-refractivity contribution in [2.24, 2.45) is 0 Å². The third-order valence-electron chi connectivity index (χ3n) is 6.34. The van der Waals surface area contributed by atoms with Gasteiger partial charge in [0.05, 0.1) is 17.2 Å². The summed E-state index contributed by atoms with van der Waals surface area (Å²) in [5.74, 6) is -2.34. The molecule has 0 aliphatic rings. The molecule has 9 heteroatoms. The number of hydrogen-bond acceptors (Lipinski definition) is 3. The fraction of sp³-hybridized carbons (Fsp3) is 0.286. The van der Waals surface area contributed by atoms with Gasteiger partial charge >= 0.3 is 12.1 Å². The first kappa shape index (κ1) is 28.1. The zero-order valence-electron chi connectivity index (χ0n) is 20.9. The number of carboxylic acid groups (broad SMARTS) is 1. The zero-order chi connectivity index (χ0) is 27.5. The topological polar surface area (TPSA) is 69.6 Å². The predicted octanol–water partition coefficient (Wildman–Crippen LogP) is 7.44. The van der Waals surface area contributed by atoms with Gasteiger partial charge in [-0.15, -0.1) is 0 Å². The molecule has 0 saturated carbocycles. The standard InChI is InChI=1S/C28H28ClF3N2O3/c1-5-25(20-10-12-24(29)16(2)13-20)33-21-8-6-7-18(14-21)19-9-11-22(23(15-19)28(30,31)32)26(35)34(4)17(3)27(36)37/h6-15,17,25,33H,5H2,1-4H3,(H,36,37)/t17-,25?/m0/s1. The van der Waals surface area contributed by atoms with Crippen molar-refractivity contribution in [2.45, 2.75) is 45.5 Å². The van der Waals surface area contributed by atoms with Crippen LogP contribution in [0.2, 0.25) is 5.02 Å². The van der Waals surface area contributed by atoms with Gasteiger partial charge in [-0.05, 0) is 72.9 Å². The lowest BCUT2D eigenvalue weighted by molar-refractivity contribution is -0.141. The summed E-state index contributed by atoms with van der Waals surface area (Å²) >= 11 is 6.15. The van der Waals surface area contributed by atoms with Crippen molar-refractivity contribution >= 4 is 29.2 Å². The third kappa shape index (κ3) is 6.43. The number of rotatable bonds is 8. The lowest BCUT2D eigenvalue weighted by Gasteiger charge is -2.24. The van der Waals surface area contributed by atoms with Crippen LogP contribution < -0.4 is 5.32 Å². The molecule has 0 spiro atoms. The largest absolute Gasteiger partial charge is 0.480 e. The van der Waals surface area contributed by atoms with Crippen LogP contribution in [-0.4, -0.2) is 35.0 Å². The maximum absolute atomic E-state index is 14.0. The van der Waals surface area contributed by atoms with E-state index < -0.39 is 35.2 Å². The highest BCUT2D eigenvalue weighted by molar-refractivity contribution is 6.31. The first-order chi connectivity index (χ1) is 17.3. The third-order valence-corrected chi connectivity index (χ3v) is 6.77. The molecule has 0 bridgehead atoms. The molecule has 196 valence electrons. The van der Waals surface area contributed by atoms with Crippen molar-refractivity contribution in [1.29, 1.82) is 0 Å². The number of likely N-dealkylation sites (N-methyl/N-ethyl adjacent to an activating group) is 1. The Balaban J connectivity index is 1.96. The second kappa shape index (κ2) is 11.3. The van der Waals surface area contributed by atoms with Gasteiger partial charge in [-0.25, -0.2) is 4.79 Å². The van der Waals surface area contributed by atoms with Crippen molar-refractivity contribution < 1.29 is 27.9 Å². The average molecular weight is 533 g/mol. The number of carboxylic acids is 1. The molecule has 0 aromatic heterocycles. The molecular weight excluding hydrogens is 505 g/mol. The van der Waals surface area contributed by atoms with Gasteiger partial charge in [0.15, 0.2) is 0 Å². The van der Waals surface area contributed by atoms with Crippen LogP contribution in [0.1, 0.15) is 53.4 Å². The number of aliphatic carboxylic acids is 1. The van der Waals surface area contributed by atoms with Crippen molar-refractivity contribution in [1.82, 2.24) is 4.90 Å². The molecule has 37 heavy (non-hydrogen) atoms. The van der Waals surface area contributed by atoms with Gasteiger partial charge in [0.25, 0.3) is 5.91 Å². The van der Waals surface area contributed by atoms with E-state index in [1.54, 1.807) is 18.2 Å². The maximum Gasteiger partial charge on any atom is 0.417 e. The minimum atomic E-state index is -4.82. The monoisotopic (exact) mass is 532 g/mol. The van der Waals surface area contributed by atoms with E-state index in [4.69, 9.17) is 16.7 Å². The molecule has 2 atom stereocenters. The smallest absolute Gasteiger partial charge is 0.417 e. The fourth-order valence-electron chi connectivity index (χ4n) is 3.97. The van der Waals surface area contributed by atoms with Crippen LogP contribution in [0.5, 0.6) is 0 Å². The highest BCUT2D eigenvalue weighted by Crippen LogP contribution is 2.36. The van der Waals surface area contributed by atoms with Gasteiger partial charge < -0.3 is 15.3 Å². The number of amides is 1. The summed E-state index contributed by atoms with van der Waals surface area (Å²) in [6, 6.07) is 14.9. The molecule has 0 heterocycles. The predicted molar refractivity (Wildman–Crippen MR) is 139 cm³/mol. The van der Waals surface area contributed by atoms with E-state index in [1.165, 1.54) is 13.0 Å². The van der Waals surface area contributed by atoms with Gasteiger partial charge in [0.2, 0.25) is 0 Å². The molecule has 0 saturated heterocycles. The molecule has 1 amide bonds. The highest BCUT2D eigenvalue weighted by atomic mass is 35.5. The number of anilines is 1. The van der Waals surface area contributed by atoms with Crippen LogP contribution in [-0.2, 0) is 11.0 Å². The molecule has 1 unspecified atom stereocenters. The normalized spacial score (nSPS) is 13.1. The average Bonchev–Trinajstić information content (AvgIpc) is 2.86. The van der Waals surface area contributed by atoms with E-state index in [2.05, 4.69) is 5.32 Å². The summed E-state index contributed by atoms with van der Waals surface area (Å²) in [7, 11) is 1.16. The van der Waals surface area contributed by atoms with Crippen molar-refractivity contribution in [3.63, 3.8) is 0 Å². The Morgan fingerprint density at radius 1 is 1.05 bits per heavy atom. The van der Waals surface area contributed by atoms with Crippen LogP contribution in [0.3, 0.4) is 0 Å². The molecular formula is C28H28ClF3N2O3. The first-order valence-corrected chi connectivity index (χ1v) is 12.1. The van der Waals surface area contributed by atoms with Gasteiger partial charge in [0, 0.05) is 17.8 Å². The minimum Gasteiger partial charge on any atom is -0.480 e. The van der Waals surface area contributed by atoms with E-state index in [-0.39, 0.29) is 11.6 Å². The second-order valence-corrected chi connectivity index (χ2v) is 9.29. The second-order valence-electron chi connectivity index (χ2n) is 8.88. The lowest BCUT2D eigenvalue weighted by Crippen LogP contribution is -2.40. The van der Waals surface area contributed by atoms with Gasteiger partial charge in [-0.1, -0.05) is 48.9 Å². The number of alkyl halides is 3. The number of nitrogens with zero attached hydrogens (tertiary/aromatic N) is 1. The Kier molecular flexibility index (Phi) is 8.53. The number of carbonyl (C=O) groups is 2. The minimum absolute atomic E-state index is 0.0382. The van der Waals surface area contributed by atoms with E-state index in [0.29, 0.717) is 10.6 Å². The van der Waals surface area contributed by atoms with E-state index in [9.17, 15) is 22.8 Å². The number of aryl methyl sites for hydroxylation is 1. The summed E-state index contributed by atoms with van der Waals surface area (Å²) in [6.45, 7) is 5.18. The molecule has 0 aliphatic carbocycles. The Morgan fingerprint density at radius 3 is 2.32 bits per heavy atom. The lowest BCUT2D eigenvalue weighted by atomic mass is 9.97. The Bertz CT molecular complexity index is 1310. The molecule has 0 radical (unpaired) electrons. The summed E-state index contributed by atoms with van der Waals surface area (Å²) in [6.07, 6.45) is -4.05. The van der Waals surface area contributed by atoms with Crippen molar-refractivity contribution in [3.05, 3.63) is 87.9 Å². The Morgan fingerprint density at radius 2 is 1.73 bits per heavy atom. The SMILES string of the molecule is CCC(Nc1cccc(-c2ccc(C(=O)N(C)[C@@H](C)C(=O)O)c(C(F)(F)F)c2)c1)c1ccc(Cl)c(C)c1. The van der Waals surface area contributed by atoms with Gasteiger partial charge in [-0.2, -0.15) is 13.2 Å². The van der Waals surface area contributed by atoms with Crippen LogP contribution in [0.4, 0.5) is 18.9 Å². The highest BCUT2D eigenvalue weighted by Gasteiger charge is 2.37. The van der Waals surface area contributed by atoms with Crippen LogP contribution in [0.15, 0.2) is 60.7 Å². The van der Waals surface area contributed by atoms with E-state index >= 15 is 0 Å².